The van der Waals surface area contributed by atoms with Gasteiger partial charge in [0, 0.05) is 17.1 Å². The normalized spacial score (nSPS) is 16.5. The van der Waals surface area contributed by atoms with Crippen LogP contribution in [0, 0.1) is 0 Å². The number of hydrogen-bond acceptors (Lipinski definition) is 1. The summed E-state index contributed by atoms with van der Waals surface area (Å²) in [4.78, 5) is 0. The molecule has 0 heterocycles. The zero-order valence-corrected chi connectivity index (χ0v) is 13.5. The quantitative estimate of drug-likeness (QED) is 0.814. The van der Waals surface area contributed by atoms with E-state index in [-0.39, 0.29) is 6.04 Å². The van der Waals surface area contributed by atoms with Crippen molar-refractivity contribution in [3.05, 3.63) is 69.7 Å². The molecule has 0 amide bonds. The SMILES string of the molecule is CC(N[C@H](C)c1ccccc1Cl)c1ccc2c(c1)CCC2. The van der Waals surface area contributed by atoms with E-state index in [1.54, 1.807) is 0 Å². The Kier molecular flexibility index (Phi) is 4.32. The van der Waals surface area contributed by atoms with Gasteiger partial charge in [0.25, 0.3) is 0 Å². The van der Waals surface area contributed by atoms with E-state index in [2.05, 4.69) is 43.4 Å². The summed E-state index contributed by atoms with van der Waals surface area (Å²) in [6.07, 6.45) is 3.78. The predicted molar refractivity (Wildman–Crippen MR) is 89.9 cm³/mol. The molecule has 0 aromatic heterocycles. The Labute approximate surface area is 132 Å². The zero-order chi connectivity index (χ0) is 14.8. The number of fused-ring (bicyclic) bond motifs is 1. The maximum Gasteiger partial charge on any atom is 0.0453 e. The van der Waals surface area contributed by atoms with Crippen LogP contribution in [-0.4, -0.2) is 0 Å². The topological polar surface area (TPSA) is 12.0 Å². The Hall–Kier alpha value is -1.31. The first-order valence-electron chi connectivity index (χ1n) is 7.77. The molecule has 1 aliphatic rings. The fourth-order valence-electron chi connectivity index (χ4n) is 3.25. The average Bonchev–Trinajstić information content (AvgIpc) is 2.94. The van der Waals surface area contributed by atoms with Gasteiger partial charge in [0.2, 0.25) is 0 Å². The molecule has 0 fully saturated rings. The first-order valence-corrected chi connectivity index (χ1v) is 8.15. The van der Waals surface area contributed by atoms with Gasteiger partial charge in [-0.25, -0.2) is 0 Å². The van der Waals surface area contributed by atoms with Crippen LogP contribution in [0.4, 0.5) is 0 Å². The van der Waals surface area contributed by atoms with Crippen LogP contribution < -0.4 is 5.32 Å². The molecule has 2 heteroatoms. The number of hydrogen-bond donors (Lipinski definition) is 1. The highest BCUT2D eigenvalue weighted by Gasteiger charge is 2.16. The summed E-state index contributed by atoms with van der Waals surface area (Å²) in [5.41, 5.74) is 5.60. The van der Waals surface area contributed by atoms with E-state index in [1.807, 2.05) is 18.2 Å². The van der Waals surface area contributed by atoms with Crippen molar-refractivity contribution in [2.45, 2.75) is 45.2 Å². The van der Waals surface area contributed by atoms with Crippen LogP contribution in [0.5, 0.6) is 0 Å². The van der Waals surface area contributed by atoms with E-state index in [0.29, 0.717) is 6.04 Å². The van der Waals surface area contributed by atoms with Crippen LogP contribution in [0.3, 0.4) is 0 Å². The second-order valence-corrected chi connectivity index (χ2v) is 6.42. The second-order valence-electron chi connectivity index (χ2n) is 6.01. The number of nitrogens with one attached hydrogen (secondary N) is 1. The van der Waals surface area contributed by atoms with E-state index >= 15 is 0 Å². The minimum Gasteiger partial charge on any atom is -0.304 e. The third kappa shape index (κ3) is 3.14. The van der Waals surface area contributed by atoms with Crippen molar-refractivity contribution in [2.24, 2.45) is 0 Å². The molecule has 2 atom stereocenters. The van der Waals surface area contributed by atoms with Gasteiger partial charge < -0.3 is 5.32 Å². The number of benzene rings is 2. The van der Waals surface area contributed by atoms with Gasteiger partial charge in [-0.3, -0.25) is 0 Å². The highest BCUT2D eigenvalue weighted by molar-refractivity contribution is 6.31. The van der Waals surface area contributed by atoms with Crippen molar-refractivity contribution in [3.63, 3.8) is 0 Å². The Morgan fingerprint density at radius 3 is 2.52 bits per heavy atom. The number of aryl methyl sites for hydroxylation is 2. The summed E-state index contributed by atoms with van der Waals surface area (Å²) in [7, 11) is 0. The van der Waals surface area contributed by atoms with Crippen molar-refractivity contribution < 1.29 is 0 Å². The first kappa shape index (κ1) is 14.6. The fraction of sp³-hybridized carbons (Fsp3) is 0.368. The molecule has 1 aliphatic carbocycles. The summed E-state index contributed by atoms with van der Waals surface area (Å²) in [6, 6.07) is 15.6. The highest BCUT2D eigenvalue weighted by Crippen LogP contribution is 2.28. The molecule has 0 bridgehead atoms. The van der Waals surface area contributed by atoms with Crippen LogP contribution in [0.2, 0.25) is 5.02 Å². The first-order chi connectivity index (χ1) is 10.1. The highest BCUT2D eigenvalue weighted by atomic mass is 35.5. The van der Waals surface area contributed by atoms with Gasteiger partial charge >= 0.3 is 0 Å². The van der Waals surface area contributed by atoms with Gasteiger partial charge in [0.15, 0.2) is 0 Å². The van der Waals surface area contributed by atoms with Crippen LogP contribution in [0.25, 0.3) is 0 Å². The van der Waals surface area contributed by atoms with Gasteiger partial charge in [-0.1, -0.05) is 48.0 Å². The minimum atomic E-state index is 0.238. The zero-order valence-electron chi connectivity index (χ0n) is 12.7. The van der Waals surface area contributed by atoms with Crippen LogP contribution in [0.1, 0.15) is 54.6 Å². The molecule has 3 rings (SSSR count). The molecule has 0 aliphatic heterocycles. The summed E-state index contributed by atoms with van der Waals surface area (Å²) >= 11 is 6.29. The van der Waals surface area contributed by atoms with Gasteiger partial charge in [0.05, 0.1) is 0 Å². The molecule has 0 saturated heterocycles. The van der Waals surface area contributed by atoms with E-state index < -0.39 is 0 Å². The smallest absolute Gasteiger partial charge is 0.0453 e. The van der Waals surface area contributed by atoms with E-state index in [4.69, 9.17) is 11.6 Å². The van der Waals surface area contributed by atoms with E-state index in [1.165, 1.54) is 36.0 Å². The molecule has 110 valence electrons. The molecule has 2 aromatic rings. The van der Waals surface area contributed by atoms with E-state index in [9.17, 15) is 0 Å². The Morgan fingerprint density at radius 1 is 0.952 bits per heavy atom. The monoisotopic (exact) mass is 299 g/mol. The molecule has 21 heavy (non-hydrogen) atoms. The van der Waals surface area contributed by atoms with Gasteiger partial charge in [-0.15, -0.1) is 0 Å². The lowest BCUT2D eigenvalue weighted by Crippen LogP contribution is -2.22. The maximum absolute atomic E-state index is 6.29. The minimum absolute atomic E-state index is 0.238. The summed E-state index contributed by atoms with van der Waals surface area (Å²) in [5, 5.41) is 4.49. The molecule has 1 nitrogen and oxygen atoms in total. The Balaban J connectivity index is 1.74. The van der Waals surface area contributed by atoms with Crippen molar-refractivity contribution in [2.75, 3.05) is 0 Å². The Morgan fingerprint density at radius 2 is 1.71 bits per heavy atom. The third-order valence-electron chi connectivity index (χ3n) is 4.49. The molecule has 1 unspecified atom stereocenters. The summed E-state index contributed by atoms with van der Waals surface area (Å²) < 4.78 is 0. The predicted octanol–water partition coefficient (Wildman–Crippen LogP) is 5.24. The molecular formula is C19H22ClN. The van der Waals surface area contributed by atoms with Gasteiger partial charge in [-0.05, 0) is 61.4 Å². The van der Waals surface area contributed by atoms with Crippen molar-refractivity contribution in [1.29, 1.82) is 0 Å². The third-order valence-corrected chi connectivity index (χ3v) is 4.84. The summed E-state index contributed by atoms with van der Waals surface area (Å²) in [5.74, 6) is 0. The standard InChI is InChI=1S/C19H22ClN/c1-13(16-11-10-15-6-5-7-17(15)12-16)21-14(2)18-8-3-4-9-19(18)20/h3-4,8-14,21H,5-7H2,1-2H3/t13?,14-/m1/s1. The molecule has 1 N–H and O–H groups in total. The lowest BCUT2D eigenvalue weighted by molar-refractivity contribution is 0.494. The largest absolute Gasteiger partial charge is 0.304 e. The van der Waals surface area contributed by atoms with Gasteiger partial charge in [0.1, 0.15) is 0 Å². The summed E-state index contributed by atoms with van der Waals surface area (Å²) in [6.45, 7) is 4.40. The fourth-order valence-corrected chi connectivity index (χ4v) is 3.55. The van der Waals surface area contributed by atoms with Crippen molar-refractivity contribution >= 4 is 11.6 Å². The van der Waals surface area contributed by atoms with E-state index in [0.717, 1.165) is 10.6 Å². The van der Waals surface area contributed by atoms with Crippen LogP contribution >= 0.6 is 11.6 Å². The molecule has 0 spiro atoms. The molecule has 0 radical (unpaired) electrons. The number of rotatable bonds is 4. The van der Waals surface area contributed by atoms with Crippen LogP contribution in [-0.2, 0) is 12.8 Å². The average molecular weight is 300 g/mol. The number of halogens is 1. The Bertz CT molecular complexity index is 635. The molecule has 2 aromatic carbocycles. The maximum atomic E-state index is 6.29. The van der Waals surface area contributed by atoms with Gasteiger partial charge in [-0.2, -0.15) is 0 Å². The van der Waals surface area contributed by atoms with Crippen LogP contribution in [0.15, 0.2) is 42.5 Å². The second kappa shape index (κ2) is 6.21. The lowest BCUT2D eigenvalue weighted by atomic mass is 10.0. The van der Waals surface area contributed by atoms with Crippen molar-refractivity contribution in [3.8, 4) is 0 Å². The molecular weight excluding hydrogens is 278 g/mol. The lowest BCUT2D eigenvalue weighted by Gasteiger charge is -2.22. The molecule has 0 saturated carbocycles. The van der Waals surface area contributed by atoms with Crippen molar-refractivity contribution in [1.82, 2.24) is 5.32 Å².